The number of hydrogen-bond acceptors (Lipinski definition) is 3. The molecule has 0 bridgehead atoms. The lowest BCUT2D eigenvalue weighted by Crippen LogP contribution is -2.39. The van der Waals surface area contributed by atoms with Gasteiger partial charge in [-0.2, -0.15) is 0 Å². The molecule has 1 aliphatic rings. The van der Waals surface area contributed by atoms with E-state index in [1.807, 2.05) is 23.2 Å². The molecule has 1 atom stereocenters. The average Bonchev–Trinajstić information content (AvgIpc) is 2.62. The van der Waals surface area contributed by atoms with Gasteiger partial charge in [-0.25, -0.2) is 4.98 Å². The largest absolute Gasteiger partial charge is 0.341 e. The number of carbonyl (C=O) groups excluding carboxylic acids is 1. The van der Waals surface area contributed by atoms with Crippen LogP contribution in [0.25, 0.3) is 0 Å². The number of aromatic nitrogens is 1. The van der Waals surface area contributed by atoms with Gasteiger partial charge in [-0.15, -0.1) is 0 Å². The summed E-state index contributed by atoms with van der Waals surface area (Å²) in [6.45, 7) is 8.95. The molecule has 1 aromatic heterocycles. The summed E-state index contributed by atoms with van der Waals surface area (Å²) in [7, 11) is 0. The van der Waals surface area contributed by atoms with Crippen molar-refractivity contribution in [2.45, 2.75) is 33.6 Å². The lowest BCUT2D eigenvalue weighted by atomic mass is 10.00. The van der Waals surface area contributed by atoms with Crippen molar-refractivity contribution in [2.24, 2.45) is 5.92 Å². The normalized spacial score (nSPS) is 17.4. The highest BCUT2D eigenvalue weighted by Crippen LogP contribution is 2.25. The van der Waals surface area contributed by atoms with Crippen LogP contribution in [0.3, 0.4) is 0 Å². The number of pyridine rings is 1. The van der Waals surface area contributed by atoms with Gasteiger partial charge in [0.2, 0.25) is 0 Å². The maximum Gasteiger partial charge on any atom is 0.272 e. The van der Waals surface area contributed by atoms with Crippen LogP contribution in [-0.2, 0) is 0 Å². The third-order valence-corrected chi connectivity index (χ3v) is 4.85. The standard InChI is InChI=1S/C21H27N3O/c1-4-24(18-9-5-7-16(2)13-18)19-10-11-20(22-14-19)21(25)23-12-6-8-17(3)15-23/h5,7,9-11,13-14,17H,4,6,8,12,15H2,1-3H3. The van der Waals surface area contributed by atoms with Gasteiger partial charge >= 0.3 is 0 Å². The van der Waals surface area contributed by atoms with Gasteiger partial charge in [0.25, 0.3) is 5.91 Å². The summed E-state index contributed by atoms with van der Waals surface area (Å²) >= 11 is 0. The van der Waals surface area contributed by atoms with Gasteiger partial charge < -0.3 is 9.80 Å². The van der Waals surface area contributed by atoms with Crippen molar-refractivity contribution in [3.63, 3.8) is 0 Å². The van der Waals surface area contributed by atoms with Gasteiger partial charge in [-0.3, -0.25) is 4.79 Å². The molecule has 2 aromatic rings. The molecule has 1 saturated heterocycles. The zero-order valence-electron chi connectivity index (χ0n) is 15.4. The molecule has 0 N–H and O–H groups in total. The van der Waals surface area contributed by atoms with Crippen LogP contribution in [-0.4, -0.2) is 35.4 Å². The number of hydrogen-bond donors (Lipinski definition) is 0. The van der Waals surface area contributed by atoms with E-state index in [4.69, 9.17) is 0 Å². The third-order valence-electron chi connectivity index (χ3n) is 4.85. The van der Waals surface area contributed by atoms with Gasteiger partial charge in [0.1, 0.15) is 5.69 Å². The van der Waals surface area contributed by atoms with E-state index in [-0.39, 0.29) is 5.91 Å². The third kappa shape index (κ3) is 4.01. The zero-order chi connectivity index (χ0) is 17.8. The van der Waals surface area contributed by atoms with E-state index in [0.29, 0.717) is 11.6 Å². The predicted molar refractivity (Wildman–Crippen MR) is 102 cm³/mol. The molecular weight excluding hydrogens is 310 g/mol. The van der Waals surface area contributed by atoms with Crippen LogP contribution < -0.4 is 4.90 Å². The molecule has 0 aliphatic carbocycles. The van der Waals surface area contributed by atoms with Gasteiger partial charge in [-0.05, 0) is 62.4 Å². The van der Waals surface area contributed by atoms with Crippen LogP contribution in [0.1, 0.15) is 42.7 Å². The fourth-order valence-corrected chi connectivity index (χ4v) is 3.52. The van der Waals surface area contributed by atoms with Crippen LogP contribution in [0.15, 0.2) is 42.6 Å². The van der Waals surface area contributed by atoms with Crippen molar-refractivity contribution in [3.05, 3.63) is 53.9 Å². The Morgan fingerprint density at radius 2 is 2.12 bits per heavy atom. The molecule has 0 radical (unpaired) electrons. The predicted octanol–water partition coefficient (Wildman–Crippen LogP) is 4.42. The fourth-order valence-electron chi connectivity index (χ4n) is 3.52. The molecule has 1 aliphatic heterocycles. The van der Waals surface area contributed by atoms with Crippen LogP contribution >= 0.6 is 0 Å². The Labute approximate surface area is 150 Å². The van der Waals surface area contributed by atoms with Gasteiger partial charge in [0.05, 0.1) is 11.9 Å². The van der Waals surface area contributed by atoms with Crippen molar-refractivity contribution in [1.29, 1.82) is 0 Å². The van der Waals surface area contributed by atoms with Crippen molar-refractivity contribution < 1.29 is 4.79 Å². The summed E-state index contributed by atoms with van der Waals surface area (Å²) in [4.78, 5) is 21.3. The first-order chi connectivity index (χ1) is 12.1. The number of rotatable bonds is 4. The highest BCUT2D eigenvalue weighted by atomic mass is 16.2. The maximum absolute atomic E-state index is 12.7. The summed E-state index contributed by atoms with van der Waals surface area (Å²) in [6, 6.07) is 12.3. The van der Waals surface area contributed by atoms with Crippen molar-refractivity contribution in [2.75, 3.05) is 24.5 Å². The molecule has 132 valence electrons. The summed E-state index contributed by atoms with van der Waals surface area (Å²) in [5, 5.41) is 0. The molecular formula is C21H27N3O. The Morgan fingerprint density at radius 3 is 2.76 bits per heavy atom. The monoisotopic (exact) mass is 337 g/mol. The Kier molecular flexibility index (Phi) is 5.37. The van der Waals surface area contributed by atoms with Crippen LogP contribution in [0.2, 0.25) is 0 Å². The van der Waals surface area contributed by atoms with Crippen LogP contribution in [0, 0.1) is 12.8 Å². The second-order valence-electron chi connectivity index (χ2n) is 6.98. The topological polar surface area (TPSA) is 36.4 Å². The van der Waals surface area contributed by atoms with Gasteiger partial charge in [0, 0.05) is 25.3 Å². The number of piperidine rings is 1. The van der Waals surface area contributed by atoms with Gasteiger partial charge in [0.15, 0.2) is 0 Å². The van der Waals surface area contributed by atoms with E-state index in [2.05, 4.69) is 54.9 Å². The number of carbonyl (C=O) groups is 1. The first-order valence-electron chi connectivity index (χ1n) is 9.18. The summed E-state index contributed by atoms with van der Waals surface area (Å²) in [6.07, 6.45) is 4.10. The lowest BCUT2D eigenvalue weighted by Gasteiger charge is -2.30. The van der Waals surface area contributed by atoms with Crippen molar-refractivity contribution in [3.8, 4) is 0 Å². The van der Waals surface area contributed by atoms with E-state index in [9.17, 15) is 4.79 Å². The molecule has 1 amide bonds. The zero-order valence-corrected chi connectivity index (χ0v) is 15.4. The second-order valence-corrected chi connectivity index (χ2v) is 6.98. The van der Waals surface area contributed by atoms with E-state index >= 15 is 0 Å². The van der Waals surface area contributed by atoms with E-state index in [1.54, 1.807) is 0 Å². The minimum Gasteiger partial charge on any atom is -0.341 e. The molecule has 1 fully saturated rings. The van der Waals surface area contributed by atoms with Gasteiger partial charge in [-0.1, -0.05) is 19.1 Å². The molecule has 0 saturated carbocycles. The molecule has 4 heteroatoms. The quantitative estimate of drug-likeness (QED) is 0.828. The number of likely N-dealkylation sites (tertiary alicyclic amines) is 1. The summed E-state index contributed by atoms with van der Waals surface area (Å²) < 4.78 is 0. The lowest BCUT2D eigenvalue weighted by molar-refractivity contribution is 0.0677. The van der Waals surface area contributed by atoms with E-state index in [0.717, 1.165) is 37.4 Å². The SMILES string of the molecule is CCN(c1ccc(C(=O)N2CCCC(C)C2)nc1)c1cccc(C)c1. The van der Waals surface area contributed by atoms with Crippen molar-refractivity contribution in [1.82, 2.24) is 9.88 Å². The Hall–Kier alpha value is -2.36. The smallest absolute Gasteiger partial charge is 0.272 e. The Bertz CT molecular complexity index is 726. The second kappa shape index (κ2) is 7.68. The minimum atomic E-state index is 0.0525. The van der Waals surface area contributed by atoms with Crippen molar-refractivity contribution >= 4 is 17.3 Å². The number of benzene rings is 1. The van der Waals surface area contributed by atoms with E-state index < -0.39 is 0 Å². The highest BCUT2D eigenvalue weighted by molar-refractivity contribution is 5.92. The first kappa shape index (κ1) is 17.5. The molecule has 2 heterocycles. The van der Waals surface area contributed by atoms with E-state index in [1.165, 1.54) is 12.0 Å². The Balaban J connectivity index is 1.78. The molecule has 1 unspecified atom stereocenters. The summed E-state index contributed by atoms with van der Waals surface area (Å²) in [5.74, 6) is 0.630. The van der Waals surface area contributed by atoms with Crippen LogP contribution in [0.5, 0.6) is 0 Å². The highest BCUT2D eigenvalue weighted by Gasteiger charge is 2.23. The Morgan fingerprint density at radius 1 is 1.28 bits per heavy atom. The average molecular weight is 337 g/mol. The number of nitrogens with zero attached hydrogens (tertiary/aromatic N) is 3. The number of anilines is 2. The minimum absolute atomic E-state index is 0.0525. The molecule has 3 rings (SSSR count). The molecule has 4 nitrogen and oxygen atoms in total. The van der Waals surface area contributed by atoms with Crippen LogP contribution in [0.4, 0.5) is 11.4 Å². The number of amides is 1. The maximum atomic E-state index is 12.7. The summed E-state index contributed by atoms with van der Waals surface area (Å²) in [5.41, 5.74) is 3.93. The first-order valence-corrected chi connectivity index (χ1v) is 9.18. The molecule has 25 heavy (non-hydrogen) atoms. The number of aryl methyl sites for hydroxylation is 1. The fraction of sp³-hybridized carbons (Fsp3) is 0.429. The molecule has 0 spiro atoms. The molecule has 1 aromatic carbocycles.